The molecule has 0 fully saturated rings. The molecule has 0 aliphatic rings. The number of carbonyl (C=O) groups excluding carboxylic acids is 1. The van der Waals surface area contributed by atoms with Gasteiger partial charge in [0.1, 0.15) is 22.9 Å². The fraction of sp³-hybridized carbons (Fsp3) is 0.0588. The van der Waals surface area contributed by atoms with Crippen molar-refractivity contribution < 1.29 is 18.3 Å². The number of nitrogens with one attached hydrogen (secondary N) is 1. The van der Waals surface area contributed by atoms with Gasteiger partial charge in [-0.15, -0.1) is 11.3 Å². The molecule has 4 nitrogen and oxygen atoms in total. The Kier molecular flexibility index (Phi) is 4.96. The zero-order valence-electron chi connectivity index (χ0n) is 12.8. The number of hydrogen-bond donors (Lipinski definition) is 1. The predicted molar refractivity (Wildman–Crippen MR) is 93.4 cm³/mol. The number of ether oxygens (including phenoxy) is 1. The average Bonchev–Trinajstić information content (AvgIpc) is 3.03. The number of nitrogens with zero attached hydrogens (tertiary/aromatic N) is 1. The molecular weight excluding hydrogens is 370 g/mol. The van der Waals surface area contributed by atoms with Crippen LogP contribution in [-0.2, 0) is 0 Å². The second kappa shape index (κ2) is 7.16. The van der Waals surface area contributed by atoms with Crippen molar-refractivity contribution in [3.8, 4) is 17.0 Å². The van der Waals surface area contributed by atoms with Crippen molar-refractivity contribution in [1.82, 2.24) is 4.98 Å². The molecule has 0 aliphatic carbocycles. The van der Waals surface area contributed by atoms with E-state index in [0.717, 1.165) is 29.0 Å². The fourth-order valence-electron chi connectivity index (χ4n) is 2.16. The van der Waals surface area contributed by atoms with Gasteiger partial charge in [0.15, 0.2) is 5.13 Å². The highest BCUT2D eigenvalue weighted by molar-refractivity contribution is 7.14. The van der Waals surface area contributed by atoms with Crippen molar-refractivity contribution in [2.24, 2.45) is 0 Å². The fourth-order valence-corrected chi connectivity index (χ4v) is 3.14. The summed E-state index contributed by atoms with van der Waals surface area (Å²) in [6, 6.07) is 8.37. The second-order valence-corrected chi connectivity index (χ2v) is 6.20. The van der Waals surface area contributed by atoms with Gasteiger partial charge >= 0.3 is 0 Å². The van der Waals surface area contributed by atoms with Gasteiger partial charge in [-0.2, -0.15) is 0 Å². The van der Waals surface area contributed by atoms with E-state index in [1.807, 2.05) is 0 Å². The maximum absolute atomic E-state index is 13.6. The van der Waals surface area contributed by atoms with Crippen molar-refractivity contribution in [3.05, 3.63) is 64.0 Å². The summed E-state index contributed by atoms with van der Waals surface area (Å²) < 4.78 is 32.4. The lowest BCUT2D eigenvalue weighted by molar-refractivity contribution is 0.101. The Morgan fingerprint density at radius 1 is 1.24 bits per heavy atom. The van der Waals surface area contributed by atoms with Gasteiger partial charge < -0.3 is 4.74 Å². The number of anilines is 1. The Balaban J connectivity index is 1.82. The van der Waals surface area contributed by atoms with Crippen molar-refractivity contribution >= 4 is 34.0 Å². The molecule has 3 aromatic rings. The van der Waals surface area contributed by atoms with Crippen LogP contribution in [0.3, 0.4) is 0 Å². The number of thiazole rings is 1. The molecule has 0 radical (unpaired) electrons. The van der Waals surface area contributed by atoms with Crippen LogP contribution in [0.5, 0.6) is 5.75 Å². The van der Waals surface area contributed by atoms with Gasteiger partial charge in [0.25, 0.3) is 5.91 Å². The van der Waals surface area contributed by atoms with Crippen LogP contribution in [0.25, 0.3) is 11.3 Å². The summed E-state index contributed by atoms with van der Waals surface area (Å²) in [5, 5.41) is 4.74. The molecule has 1 N–H and O–H groups in total. The lowest BCUT2D eigenvalue weighted by Gasteiger charge is -2.05. The molecule has 25 heavy (non-hydrogen) atoms. The first-order chi connectivity index (χ1) is 12.0. The Hall–Kier alpha value is -2.51. The normalized spacial score (nSPS) is 10.6. The lowest BCUT2D eigenvalue weighted by atomic mass is 10.2. The third-order valence-corrected chi connectivity index (χ3v) is 4.42. The Morgan fingerprint density at radius 2 is 1.96 bits per heavy atom. The van der Waals surface area contributed by atoms with E-state index in [2.05, 4.69) is 10.3 Å². The van der Waals surface area contributed by atoms with Crippen LogP contribution in [0.4, 0.5) is 13.9 Å². The first-order valence-electron chi connectivity index (χ1n) is 7.04. The summed E-state index contributed by atoms with van der Waals surface area (Å²) in [6.07, 6.45) is 0. The summed E-state index contributed by atoms with van der Waals surface area (Å²) in [5.74, 6) is -2.24. The minimum atomic E-state index is -0.934. The molecule has 0 unspecified atom stereocenters. The number of benzene rings is 2. The van der Waals surface area contributed by atoms with Gasteiger partial charge in [0.2, 0.25) is 0 Å². The van der Waals surface area contributed by atoms with Crippen LogP contribution in [0.1, 0.15) is 10.4 Å². The lowest BCUT2D eigenvalue weighted by Crippen LogP contribution is -2.15. The van der Waals surface area contributed by atoms with Gasteiger partial charge in [-0.1, -0.05) is 17.7 Å². The van der Waals surface area contributed by atoms with Crippen LogP contribution in [0.15, 0.2) is 41.8 Å². The molecule has 1 amide bonds. The molecule has 0 saturated carbocycles. The third kappa shape index (κ3) is 3.62. The van der Waals surface area contributed by atoms with Crippen molar-refractivity contribution in [2.75, 3.05) is 12.4 Å². The molecular formula is C17H11ClF2N2O2S. The van der Waals surface area contributed by atoms with Crippen LogP contribution in [0, 0.1) is 11.6 Å². The van der Waals surface area contributed by atoms with Gasteiger partial charge in [-0.3, -0.25) is 10.1 Å². The van der Waals surface area contributed by atoms with Gasteiger partial charge in [0.05, 0.1) is 17.8 Å². The summed E-state index contributed by atoms with van der Waals surface area (Å²) in [5.41, 5.74) is 0.644. The Morgan fingerprint density at radius 3 is 2.60 bits per heavy atom. The van der Waals surface area contributed by atoms with Crippen LogP contribution in [-0.4, -0.2) is 18.0 Å². The number of halogens is 3. The standard InChI is InChI=1S/C17H11ClF2N2O2S/c1-24-14-6-5-9(7-10(14)18)13-8-25-17(21-13)22-16(23)15-11(19)3-2-4-12(15)20/h2-8H,1H3,(H,21,22,23). The van der Waals surface area contributed by atoms with Gasteiger partial charge in [-0.25, -0.2) is 13.8 Å². The minimum Gasteiger partial charge on any atom is -0.495 e. The number of hydrogen-bond acceptors (Lipinski definition) is 4. The number of methoxy groups -OCH3 is 1. The van der Waals surface area contributed by atoms with E-state index in [0.29, 0.717) is 16.5 Å². The van der Waals surface area contributed by atoms with Gasteiger partial charge in [-0.05, 0) is 30.3 Å². The highest BCUT2D eigenvalue weighted by atomic mass is 35.5. The first-order valence-corrected chi connectivity index (χ1v) is 8.30. The molecule has 0 bridgehead atoms. The smallest absolute Gasteiger partial charge is 0.263 e. The number of rotatable bonds is 4. The summed E-state index contributed by atoms with van der Waals surface area (Å²) in [7, 11) is 1.51. The Labute approximate surface area is 151 Å². The topological polar surface area (TPSA) is 51.2 Å². The van der Waals surface area contributed by atoms with E-state index < -0.39 is 23.1 Å². The SMILES string of the molecule is COc1ccc(-c2csc(NC(=O)c3c(F)cccc3F)n2)cc1Cl. The molecule has 1 heterocycles. The van der Waals surface area contributed by atoms with E-state index in [-0.39, 0.29) is 5.13 Å². The Bertz CT molecular complexity index is 926. The third-order valence-electron chi connectivity index (χ3n) is 3.36. The number of amides is 1. The van der Waals surface area contributed by atoms with Crippen LogP contribution < -0.4 is 10.1 Å². The monoisotopic (exact) mass is 380 g/mol. The largest absolute Gasteiger partial charge is 0.495 e. The zero-order valence-corrected chi connectivity index (χ0v) is 14.4. The summed E-state index contributed by atoms with van der Waals surface area (Å²) in [6.45, 7) is 0. The molecule has 128 valence electrons. The number of carbonyl (C=O) groups is 1. The van der Waals surface area contributed by atoms with E-state index in [9.17, 15) is 13.6 Å². The molecule has 1 aromatic heterocycles. The number of aromatic nitrogens is 1. The summed E-state index contributed by atoms with van der Waals surface area (Å²) >= 11 is 7.22. The van der Waals surface area contributed by atoms with E-state index in [4.69, 9.17) is 16.3 Å². The molecule has 0 aliphatic heterocycles. The molecule has 0 spiro atoms. The van der Waals surface area contributed by atoms with Crippen molar-refractivity contribution in [3.63, 3.8) is 0 Å². The van der Waals surface area contributed by atoms with Gasteiger partial charge in [0, 0.05) is 10.9 Å². The zero-order chi connectivity index (χ0) is 18.0. The molecule has 2 aromatic carbocycles. The molecule has 0 atom stereocenters. The maximum Gasteiger partial charge on any atom is 0.263 e. The minimum absolute atomic E-state index is 0.217. The van der Waals surface area contributed by atoms with E-state index in [1.165, 1.54) is 13.2 Å². The second-order valence-electron chi connectivity index (χ2n) is 4.94. The quantitative estimate of drug-likeness (QED) is 0.692. The van der Waals surface area contributed by atoms with E-state index >= 15 is 0 Å². The van der Waals surface area contributed by atoms with Crippen molar-refractivity contribution in [1.29, 1.82) is 0 Å². The maximum atomic E-state index is 13.6. The first kappa shape index (κ1) is 17.3. The molecule has 8 heteroatoms. The molecule has 0 saturated heterocycles. The van der Waals surface area contributed by atoms with Crippen LogP contribution >= 0.6 is 22.9 Å². The van der Waals surface area contributed by atoms with Crippen LogP contribution in [0.2, 0.25) is 5.02 Å². The highest BCUT2D eigenvalue weighted by Crippen LogP contribution is 2.32. The average molecular weight is 381 g/mol. The van der Waals surface area contributed by atoms with Crippen molar-refractivity contribution in [2.45, 2.75) is 0 Å². The van der Waals surface area contributed by atoms with E-state index in [1.54, 1.807) is 23.6 Å². The summed E-state index contributed by atoms with van der Waals surface area (Å²) in [4.78, 5) is 16.3. The highest BCUT2D eigenvalue weighted by Gasteiger charge is 2.18. The predicted octanol–water partition coefficient (Wildman–Crippen LogP) is 5.00. The molecule has 3 rings (SSSR count).